The van der Waals surface area contributed by atoms with E-state index in [0.29, 0.717) is 0 Å². The number of benzene rings is 1. The van der Waals surface area contributed by atoms with Gasteiger partial charge in [0.05, 0.1) is 16.6 Å². The normalized spacial score (nSPS) is 10.5. The predicted octanol–water partition coefficient (Wildman–Crippen LogP) is 3.34. The van der Waals surface area contributed by atoms with E-state index in [1.54, 1.807) is 13.0 Å². The minimum Gasteiger partial charge on any atom is -0.476 e. The Bertz CT molecular complexity index is 626. The first-order chi connectivity index (χ1) is 9.04. The summed E-state index contributed by atoms with van der Waals surface area (Å²) in [5, 5.41) is 8.97. The van der Waals surface area contributed by atoms with Gasteiger partial charge < -0.3 is 14.3 Å². The zero-order chi connectivity index (χ0) is 14.0. The van der Waals surface area contributed by atoms with Crippen LogP contribution in [0.4, 0.5) is 4.39 Å². The highest BCUT2D eigenvalue weighted by molar-refractivity contribution is 9.10. The summed E-state index contributed by atoms with van der Waals surface area (Å²) in [5.74, 6) is -2.25. The van der Waals surface area contributed by atoms with Crippen LogP contribution in [0.15, 0.2) is 27.1 Å². The number of hydrogen-bond donors (Lipinski definition) is 1. The fraction of sp³-hybridized carbons (Fsp3) is 0.167. The van der Waals surface area contributed by atoms with E-state index in [2.05, 4.69) is 20.9 Å². The number of rotatable bonds is 4. The van der Waals surface area contributed by atoms with Crippen LogP contribution in [0, 0.1) is 5.82 Å². The van der Waals surface area contributed by atoms with Gasteiger partial charge in [0.25, 0.3) is 0 Å². The Labute approximate surface area is 116 Å². The van der Waals surface area contributed by atoms with Gasteiger partial charge in [0, 0.05) is 0 Å². The molecule has 0 radical (unpaired) electrons. The van der Waals surface area contributed by atoms with Gasteiger partial charge in [0.2, 0.25) is 11.6 Å². The van der Waals surface area contributed by atoms with Crippen LogP contribution in [0.3, 0.4) is 0 Å². The van der Waals surface area contributed by atoms with Crippen molar-refractivity contribution in [2.75, 3.05) is 6.61 Å². The number of halogens is 2. The quantitative estimate of drug-likeness (QED) is 0.931. The maximum absolute atomic E-state index is 13.9. The van der Waals surface area contributed by atoms with Gasteiger partial charge in [-0.1, -0.05) is 6.07 Å². The first kappa shape index (κ1) is 13.5. The smallest absolute Gasteiger partial charge is 0.362 e. The molecule has 0 fully saturated rings. The van der Waals surface area contributed by atoms with Crippen molar-refractivity contribution in [3.8, 4) is 17.4 Å². The maximum atomic E-state index is 13.9. The second-order valence-corrected chi connectivity index (χ2v) is 4.35. The summed E-state index contributed by atoms with van der Waals surface area (Å²) in [7, 11) is 0. The molecule has 100 valence electrons. The van der Waals surface area contributed by atoms with Crippen LogP contribution in [0.1, 0.15) is 17.4 Å². The first-order valence-electron chi connectivity index (χ1n) is 5.36. The molecule has 2 aromatic rings. The van der Waals surface area contributed by atoms with E-state index in [0.717, 1.165) is 0 Å². The summed E-state index contributed by atoms with van der Waals surface area (Å²) in [6, 6.07) is 4.55. The Morgan fingerprint density at radius 2 is 2.32 bits per heavy atom. The minimum atomic E-state index is -1.30. The Balaban J connectivity index is 2.54. The van der Waals surface area contributed by atoms with Crippen molar-refractivity contribution in [2.24, 2.45) is 0 Å². The van der Waals surface area contributed by atoms with Crippen LogP contribution in [0.25, 0.3) is 11.5 Å². The number of aromatic nitrogens is 1. The summed E-state index contributed by atoms with van der Waals surface area (Å²) >= 11 is 3.04. The molecule has 0 aliphatic heterocycles. The molecule has 5 nitrogen and oxygen atoms in total. The van der Waals surface area contributed by atoms with E-state index in [1.165, 1.54) is 12.1 Å². The first-order valence-corrected chi connectivity index (χ1v) is 6.15. The lowest BCUT2D eigenvalue weighted by Crippen LogP contribution is -2.01. The molecule has 0 spiro atoms. The molecule has 1 aromatic carbocycles. The van der Waals surface area contributed by atoms with Gasteiger partial charge in [-0.15, -0.1) is 0 Å². The molecule has 0 saturated carbocycles. The molecule has 1 aromatic heterocycles. The summed E-state index contributed by atoms with van der Waals surface area (Å²) < 4.78 is 24.3. The third-order valence-corrected chi connectivity index (χ3v) is 2.87. The van der Waals surface area contributed by atoms with Gasteiger partial charge in [-0.3, -0.25) is 0 Å². The van der Waals surface area contributed by atoms with Crippen LogP contribution in [-0.2, 0) is 0 Å². The topological polar surface area (TPSA) is 72.6 Å². The van der Waals surface area contributed by atoms with E-state index < -0.39 is 11.8 Å². The lowest BCUT2D eigenvalue weighted by atomic mass is 10.2. The monoisotopic (exact) mass is 329 g/mol. The molecule has 0 bridgehead atoms. The SMILES string of the molecule is CCOc1oc(-c2cccc(Br)c2F)nc1C(=O)O. The highest BCUT2D eigenvalue weighted by atomic mass is 79.9. The Morgan fingerprint density at radius 1 is 1.58 bits per heavy atom. The van der Waals surface area contributed by atoms with Gasteiger partial charge in [-0.2, -0.15) is 4.98 Å². The Kier molecular flexibility index (Phi) is 3.84. The van der Waals surface area contributed by atoms with E-state index in [-0.39, 0.29) is 34.2 Å². The molecule has 7 heteroatoms. The molecule has 0 aliphatic rings. The summed E-state index contributed by atoms with van der Waals surface area (Å²) in [4.78, 5) is 14.7. The van der Waals surface area contributed by atoms with Crippen molar-refractivity contribution in [1.29, 1.82) is 0 Å². The lowest BCUT2D eigenvalue weighted by Gasteiger charge is -2.00. The molecule has 1 N–H and O–H groups in total. The maximum Gasteiger partial charge on any atom is 0.362 e. The zero-order valence-electron chi connectivity index (χ0n) is 9.81. The number of hydrogen-bond acceptors (Lipinski definition) is 4. The molecule has 1 heterocycles. The minimum absolute atomic E-state index is 0.0582. The number of carboxylic acid groups (broad SMARTS) is 1. The van der Waals surface area contributed by atoms with Crippen LogP contribution < -0.4 is 4.74 Å². The van der Waals surface area contributed by atoms with Crippen LogP contribution in [-0.4, -0.2) is 22.7 Å². The fourth-order valence-electron chi connectivity index (χ4n) is 1.45. The Morgan fingerprint density at radius 3 is 2.95 bits per heavy atom. The van der Waals surface area contributed by atoms with Crippen molar-refractivity contribution in [2.45, 2.75) is 6.92 Å². The summed E-state index contributed by atoms with van der Waals surface area (Å²) in [5.41, 5.74) is -0.320. The molecular formula is C12H9BrFNO4. The molecule has 19 heavy (non-hydrogen) atoms. The molecular weight excluding hydrogens is 321 g/mol. The van der Waals surface area contributed by atoms with Gasteiger partial charge in [0.1, 0.15) is 5.82 Å². The van der Waals surface area contributed by atoms with Gasteiger partial charge in [0.15, 0.2) is 0 Å². The fourth-order valence-corrected chi connectivity index (χ4v) is 1.82. The lowest BCUT2D eigenvalue weighted by molar-refractivity contribution is 0.0683. The second kappa shape index (κ2) is 5.40. The number of nitrogens with zero attached hydrogens (tertiary/aromatic N) is 1. The molecule has 0 saturated heterocycles. The highest BCUT2D eigenvalue weighted by Crippen LogP contribution is 2.31. The average Bonchev–Trinajstić information content (AvgIpc) is 2.77. The molecule has 0 amide bonds. The zero-order valence-corrected chi connectivity index (χ0v) is 11.4. The number of carboxylic acids is 1. The van der Waals surface area contributed by atoms with E-state index in [4.69, 9.17) is 14.3 Å². The van der Waals surface area contributed by atoms with Crippen LogP contribution >= 0.6 is 15.9 Å². The van der Waals surface area contributed by atoms with Crippen LogP contribution in [0.5, 0.6) is 5.95 Å². The molecule has 0 unspecified atom stereocenters. The summed E-state index contributed by atoms with van der Waals surface area (Å²) in [6.45, 7) is 1.89. The van der Waals surface area contributed by atoms with Crippen molar-refractivity contribution in [3.63, 3.8) is 0 Å². The standard InChI is InChI=1S/C12H9BrFNO4/c1-2-18-12-9(11(16)17)15-10(19-12)6-4-3-5-7(13)8(6)14/h3-5H,2H2,1H3,(H,16,17). The number of oxazole rings is 1. The third kappa shape index (κ3) is 2.60. The third-order valence-electron chi connectivity index (χ3n) is 2.26. The van der Waals surface area contributed by atoms with Crippen molar-refractivity contribution < 1.29 is 23.4 Å². The van der Waals surface area contributed by atoms with Gasteiger partial charge >= 0.3 is 11.9 Å². The van der Waals surface area contributed by atoms with Crippen molar-refractivity contribution in [3.05, 3.63) is 34.2 Å². The van der Waals surface area contributed by atoms with E-state index in [1.807, 2.05) is 0 Å². The highest BCUT2D eigenvalue weighted by Gasteiger charge is 2.23. The van der Waals surface area contributed by atoms with Gasteiger partial charge in [-0.25, -0.2) is 9.18 Å². The summed E-state index contributed by atoms with van der Waals surface area (Å²) in [6.07, 6.45) is 0. The van der Waals surface area contributed by atoms with Crippen molar-refractivity contribution >= 4 is 21.9 Å². The number of aromatic carboxylic acids is 1. The van der Waals surface area contributed by atoms with E-state index >= 15 is 0 Å². The van der Waals surface area contributed by atoms with Gasteiger partial charge in [-0.05, 0) is 35.0 Å². The van der Waals surface area contributed by atoms with Crippen molar-refractivity contribution in [1.82, 2.24) is 4.98 Å². The molecule has 2 rings (SSSR count). The molecule has 0 atom stereocenters. The van der Waals surface area contributed by atoms with Crippen LogP contribution in [0.2, 0.25) is 0 Å². The average molecular weight is 330 g/mol. The molecule has 0 aliphatic carbocycles. The Hall–Kier alpha value is -1.89. The second-order valence-electron chi connectivity index (χ2n) is 3.49. The predicted molar refractivity (Wildman–Crippen MR) is 67.7 cm³/mol. The number of carbonyl (C=O) groups is 1. The largest absolute Gasteiger partial charge is 0.476 e. The van der Waals surface area contributed by atoms with E-state index in [9.17, 15) is 9.18 Å². The number of ether oxygens (including phenoxy) is 1.